The highest BCUT2D eigenvalue weighted by atomic mass is 35.5. The lowest BCUT2D eigenvalue weighted by Crippen LogP contribution is -2.05. The first-order valence-electron chi connectivity index (χ1n) is 6.73. The van der Waals surface area contributed by atoms with Crippen molar-refractivity contribution in [2.45, 2.75) is 6.18 Å². The molecule has 0 aromatic heterocycles. The summed E-state index contributed by atoms with van der Waals surface area (Å²) in [6.45, 7) is 0. The standard InChI is InChI=1S/C16H14ClF3N2O2/c1-23-12-5-3-10(15(8-12)24-2)9-21-22-14-7-11(16(18,19)20)4-6-13(14)17/h3-9,22H,1-2H3/b21-9-. The number of hydrogen-bond donors (Lipinski definition) is 1. The Morgan fingerprint density at radius 1 is 1.08 bits per heavy atom. The van der Waals surface area contributed by atoms with Gasteiger partial charge in [0.1, 0.15) is 11.5 Å². The maximum absolute atomic E-state index is 12.7. The van der Waals surface area contributed by atoms with Crippen LogP contribution in [0.3, 0.4) is 0 Å². The Morgan fingerprint density at radius 3 is 2.46 bits per heavy atom. The van der Waals surface area contributed by atoms with Gasteiger partial charge in [0.2, 0.25) is 0 Å². The summed E-state index contributed by atoms with van der Waals surface area (Å²) >= 11 is 5.88. The molecular formula is C16H14ClF3N2O2. The number of halogens is 4. The van der Waals surface area contributed by atoms with E-state index in [-0.39, 0.29) is 10.7 Å². The first-order valence-corrected chi connectivity index (χ1v) is 7.11. The molecule has 128 valence electrons. The number of hydrazone groups is 1. The summed E-state index contributed by atoms with van der Waals surface area (Å²) in [4.78, 5) is 0. The third-order valence-electron chi connectivity index (χ3n) is 3.12. The largest absolute Gasteiger partial charge is 0.497 e. The SMILES string of the molecule is COc1ccc(/C=N\Nc2cc(C(F)(F)F)ccc2Cl)c(OC)c1. The number of nitrogens with zero attached hydrogens (tertiary/aromatic N) is 1. The highest BCUT2D eigenvalue weighted by Crippen LogP contribution is 2.33. The lowest BCUT2D eigenvalue weighted by molar-refractivity contribution is -0.137. The predicted octanol–water partition coefficient (Wildman–Crippen LogP) is 4.82. The van der Waals surface area contributed by atoms with Gasteiger partial charge in [-0.3, -0.25) is 5.43 Å². The van der Waals surface area contributed by atoms with Gasteiger partial charge in [-0.2, -0.15) is 18.3 Å². The van der Waals surface area contributed by atoms with Crippen LogP contribution < -0.4 is 14.9 Å². The zero-order valence-corrected chi connectivity index (χ0v) is 13.6. The second-order valence-corrected chi connectivity index (χ2v) is 5.08. The number of ether oxygens (including phenoxy) is 2. The van der Waals surface area contributed by atoms with Crippen molar-refractivity contribution in [3.8, 4) is 11.5 Å². The Balaban J connectivity index is 2.20. The van der Waals surface area contributed by atoms with Crippen LogP contribution in [-0.4, -0.2) is 20.4 Å². The van der Waals surface area contributed by atoms with E-state index in [4.69, 9.17) is 21.1 Å². The summed E-state index contributed by atoms with van der Waals surface area (Å²) < 4.78 is 48.4. The molecule has 0 saturated carbocycles. The molecule has 0 aliphatic carbocycles. The second kappa shape index (κ2) is 7.44. The molecule has 0 aliphatic rings. The molecule has 0 aliphatic heterocycles. The molecule has 8 heteroatoms. The molecule has 4 nitrogen and oxygen atoms in total. The van der Waals surface area contributed by atoms with Crippen LogP contribution in [-0.2, 0) is 6.18 Å². The van der Waals surface area contributed by atoms with E-state index in [0.29, 0.717) is 17.1 Å². The van der Waals surface area contributed by atoms with E-state index in [1.807, 2.05) is 0 Å². The van der Waals surface area contributed by atoms with E-state index < -0.39 is 11.7 Å². The van der Waals surface area contributed by atoms with Crippen molar-refractivity contribution in [3.63, 3.8) is 0 Å². The Morgan fingerprint density at radius 2 is 1.83 bits per heavy atom. The molecule has 0 bridgehead atoms. The van der Waals surface area contributed by atoms with Crippen LogP contribution in [0.1, 0.15) is 11.1 Å². The van der Waals surface area contributed by atoms with Gasteiger partial charge < -0.3 is 9.47 Å². The van der Waals surface area contributed by atoms with Crippen molar-refractivity contribution in [1.82, 2.24) is 0 Å². The first kappa shape index (κ1) is 17.9. The summed E-state index contributed by atoms with van der Waals surface area (Å²) in [5.74, 6) is 1.12. The molecule has 0 amide bonds. The topological polar surface area (TPSA) is 42.8 Å². The van der Waals surface area contributed by atoms with Crippen LogP contribution in [0.15, 0.2) is 41.5 Å². The number of benzene rings is 2. The Kier molecular flexibility index (Phi) is 5.56. The number of rotatable bonds is 5. The number of methoxy groups -OCH3 is 2. The van der Waals surface area contributed by atoms with Crippen molar-refractivity contribution in [2.75, 3.05) is 19.6 Å². The molecule has 0 heterocycles. The third-order valence-corrected chi connectivity index (χ3v) is 3.45. The monoisotopic (exact) mass is 358 g/mol. The highest BCUT2D eigenvalue weighted by Gasteiger charge is 2.30. The maximum atomic E-state index is 12.7. The van der Waals surface area contributed by atoms with Crippen LogP contribution >= 0.6 is 11.6 Å². The summed E-state index contributed by atoms with van der Waals surface area (Å²) in [6, 6.07) is 8.04. The van der Waals surface area contributed by atoms with Gasteiger partial charge >= 0.3 is 6.18 Å². The van der Waals surface area contributed by atoms with Gasteiger partial charge in [-0.25, -0.2) is 0 Å². The van der Waals surface area contributed by atoms with Crippen molar-refractivity contribution in [1.29, 1.82) is 0 Å². The average Bonchev–Trinajstić information content (AvgIpc) is 2.55. The minimum absolute atomic E-state index is 0.0511. The number of hydrogen-bond acceptors (Lipinski definition) is 4. The normalized spacial score (nSPS) is 11.6. The van der Waals surface area contributed by atoms with Crippen molar-refractivity contribution in [3.05, 3.63) is 52.5 Å². The number of nitrogens with one attached hydrogen (secondary N) is 1. The quantitative estimate of drug-likeness (QED) is 0.615. The van der Waals surface area contributed by atoms with E-state index in [9.17, 15) is 13.2 Å². The molecule has 0 saturated heterocycles. The molecule has 0 radical (unpaired) electrons. The fourth-order valence-corrected chi connectivity index (χ4v) is 2.04. The minimum Gasteiger partial charge on any atom is -0.497 e. The zero-order valence-electron chi connectivity index (χ0n) is 12.8. The van der Waals surface area contributed by atoms with E-state index in [0.717, 1.165) is 18.2 Å². The van der Waals surface area contributed by atoms with Crippen molar-refractivity contribution in [2.24, 2.45) is 5.10 Å². The Bertz CT molecular complexity index is 749. The van der Waals surface area contributed by atoms with Crippen LogP contribution in [0.25, 0.3) is 0 Å². The summed E-state index contributed by atoms with van der Waals surface area (Å²) in [7, 11) is 3.02. The van der Waals surface area contributed by atoms with Gasteiger partial charge in [0.15, 0.2) is 0 Å². The summed E-state index contributed by atoms with van der Waals surface area (Å²) in [5.41, 5.74) is 2.36. The number of alkyl halides is 3. The third kappa shape index (κ3) is 4.32. The van der Waals surface area contributed by atoms with Crippen molar-refractivity contribution >= 4 is 23.5 Å². The van der Waals surface area contributed by atoms with Gasteiger partial charge in [0.05, 0.1) is 36.7 Å². The van der Waals surface area contributed by atoms with E-state index in [2.05, 4.69) is 10.5 Å². The Hall–Kier alpha value is -2.41. The lowest BCUT2D eigenvalue weighted by atomic mass is 10.2. The molecular weight excluding hydrogens is 345 g/mol. The van der Waals surface area contributed by atoms with Crippen LogP contribution in [0.5, 0.6) is 11.5 Å². The molecule has 2 aromatic carbocycles. The smallest absolute Gasteiger partial charge is 0.416 e. The first-order chi connectivity index (χ1) is 11.3. The summed E-state index contributed by atoms with van der Waals surface area (Å²) in [5, 5.41) is 4.04. The van der Waals surface area contributed by atoms with Gasteiger partial charge in [0.25, 0.3) is 0 Å². The van der Waals surface area contributed by atoms with Gasteiger partial charge in [-0.1, -0.05) is 11.6 Å². The average molecular weight is 359 g/mol. The van der Waals surface area contributed by atoms with E-state index in [1.54, 1.807) is 18.2 Å². The second-order valence-electron chi connectivity index (χ2n) is 4.67. The molecule has 1 N–H and O–H groups in total. The molecule has 24 heavy (non-hydrogen) atoms. The fourth-order valence-electron chi connectivity index (χ4n) is 1.88. The fraction of sp³-hybridized carbons (Fsp3) is 0.188. The van der Waals surface area contributed by atoms with E-state index in [1.165, 1.54) is 20.4 Å². The lowest BCUT2D eigenvalue weighted by Gasteiger charge is -2.10. The van der Waals surface area contributed by atoms with Gasteiger partial charge in [-0.15, -0.1) is 0 Å². The molecule has 2 aromatic rings. The molecule has 2 rings (SSSR count). The van der Waals surface area contributed by atoms with Gasteiger partial charge in [0, 0.05) is 11.6 Å². The van der Waals surface area contributed by atoms with Crippen LogP contribution in [0, 0.1) is 0 Å². The maximum Gasteiger partial charge on any atom is 0.416 e. The van der Waals surface area contributed by atoms with E-state index >= 15 is 0 Å². The molecule has 0 atom stereocenters. The summed E-state index contributed by atoms with van der Waals surface area (Å²) in [6.07, 6.45) is -3.04. The molecule has 0 spiro atoms. The molecule has 0 unspecified atom stereocenters. The van der Waals surface area contributed by atoms with Crippen LogP contribution in [0.4, 0.5) is 18.9 Å². The number of anilines is 1. The predicted molar refractivity (Wildman–Crippen MR) is 87.2 cm³/mol. The molecule has 0 fully saturated rings. The van der Waals surface area contributed by atoms with Gasteiger partial charge in [-0.05, 0) is 30.3 Å². The van der Waals surface area contributed by atoms with Crippen molar-refractivity contribution < 1.29 is 22.6 Å². The Labute approximate surface area is 141 Å². The minimum atomic E-state index is -4.45. The zero-order chi connectivity index (χ0) is 17.7. The van der Waals surface area contributed by atoms with Crippen LogP contribution in [0.2, 0.25) is 5.02 Å². The highest BCUT2D eigenvalue weighted by molar-refractivity contribution is 6.33.